The van der Waals surface area contributed by atoms with Crippen molar-refractivity contribution in [3.63, 3.8) is 0 Å². The van der Waals surface area contributed by atoms with E-state index in [0.717, 1.165) is 4.90 Å². The summed E-state index contributed by atoms with van der Waals surface area (Å²) in [5, 5.41) is 9.54. The van der Waals surface area contributed by atoms with Crippen LogP contribution in [0.2, 0.25) is 10.2 Å². The molecule has 0 spiro atoms. The first-order valence-electron chi connectivity index (χ1n) is 5.19. The van der Waals surface area contributed by atoms with Gasteiger partial charge in [-0.1, -0.05) is 47.1 Å². The second-order valence-electron chi connectivity index (χ2n) is 3.59. The SMILES string of the molecule is Cc1nc(C(=O)O)nc(Cl)c1Sc1ccccc1Cl. The van der Waals surface area contributed by atoms with Gasteiger partial charge in [-0.3, -0.25) is 0 Å². The van der Waals surface area contributed by atoms with E-state index >= 15 is 0 Å². The summed E-state index contributed by atoms with van der Waals surface area (Å²) in [6, 6.07) is 7.28. The number of aromatic carboxylic acids is 1. The van der Waals surface area contributed by atoms with Gasteiger partial charge in [-0.25, -0.2) is 14.8 Å². The lowest BCUT2D eigenvalue weighted by Crippen LogP contribution is -2.06. The zero-order chi connectivity index (χ0) is 14.0. The smallest absolute Gasteiger partial charge is 0.373 e. The van der Waals surface area contributed by atoms with E-state index < -0.39 is 5.97 Å². The van der Waals surface area contributed by atoms with Crippen LogP contribution in [0.4, 0.5) is 0 Å². The van der Waals surface area contributed by atoms with E-state index in [1.165, 1.54) is 11.8 Å². The number of benzene rings is 1. The summed E-state index contributed by atoms with van der Waals surface area (Å²) in [6.07, 6.45) is 0. The molecule has 7 heteroatoms. The molecule has 0 amide bonds. The van der Waals surface area contributed by atoms with Crippen LogP contribution >= 0.6 is 35.0 Å². The standard InChI is InChI=1S/C12H8Cl2N2O2S/c1-6-9(10(14)16-11(15-6)12(17)18)19-8-5-3-2-4-7(8)13/h2-5H,1H3,(H,17,18). The average Bonchev–Trinajstić information content (AvgIpc) is 2.35. The van der Waals surface area contributed by atoms with E-state index in [1.807, 2.05) is 18.2 Å². The quantitative estimate of drug-likeness (QED) is 0.869. The normalized spacial score (nSPS) is 10.5. The fourth-order valence-electron chi connectivity index (χ4n) is 1.38. The van der Waals surface area contributed by atoms with Gasteiger partial charge in [0.2, 0.25) is 5.82 Å². The van der Waals surface area contributed by atoms with Crippen molar-refractivity contribution in [3.8, 4) is 0 Å². The number of aromatic nitrogens is 2. The van der Waals surface area contributed by atoms with Gasteiger partial charge in [0.1, 0.15) is 5.15 Å². The molecule has 1 aromatic heterocycles. The van der Waals surface area contributed by atoms with Gasteiger partial charge >= 0.3 is 5.97 Å². The molecule has 0 saturated carbocycles. The molecular formula is C12H8Cl2N2O2S. The number of rotatable bonds is 3. The zero-order valence-electron chi connectivity index (χ0n) is 9.72. The number of carboxylic acids is 1. The molecule has 0 aliphatic carbocycles. The first kappa shape index (κ1) is 14.1. The molecule has 0 aliphatic heterocycles. The molecule has 0 radical (unpaired) electrons. The summed E-state index contributed by atoms with van der Waals surface area (Å²) >= 11 is 13.4. The monoisotopic (exact) mass is 314 g/mol. The van der Waals surface area contributed by atoms with Crippen molar-refractivity contribution in [1.82, 2.24) is 9.97 Å². The molecule has 0 unspecified atom stereocenters. The number of aryl methyl sites for hydroxylation is 1. The van der Waals surface area contributed by atoms with E-state index in [0.29, 0.717) is 15.6 Å². The first-order chi connectivity index (χ1) is 8.99. The van der Waals surface area contributed by atoms with E-state index in [4.69, 9.17) is 28.3 Å². The minimum absolute atomic E-state index is 0.106. The molecule has 0 saturated heterocycles. The maximum Gasteiger partial charge on any atom is 0.373 e. The van der Waals surface area contributed by atoms with Crippen LogP contribution in [0.5, 0.6) is 0 Å². The summed E-state index contributed by atoms with van der Waals surface area (Å²) < 4.78 is 0. The van der Waals surface area contributed by atoms with Crippen LogP contribution in [-0.2, 0) is 0 Å². The van der Waals surface area contributed by atoms with Gasteiger partial charge in [0.05, 0.1) is 15.6 Å². The van der Waals surface area contributed by atoms with Gasteiger partial charge in [0.15, 0.2) is 0 Å². The molecular weight excluding hydrogens is 307 g/mol. The van der Waals surface area contributed by atoms with E-state index in [-0.39, 0.29) is 11.0 Å². The summed E-state index contributed by atoms with van der Waals surface area (Å²) in [7, 11) is 0. The number of nitrogens with zero attached hydrogens (tertiary/aromatic N) is 2. The van der Waals surface area contributed by atoms with Crippen LogP contribution < -0.4 is 0 Å². The highest BCUT2D eigenvalue weighted by Crippen LogP contribution is 2.37. The minimum atomic E-state index is -1.21. The highest BCUT2D eigenvalue weighted by Gasteiger charge is 2.16. The van der Waals surface area contributed by atoms with Crippen LogP contribution in [0.3, 0.4) is 0 Å². The molecule has 2 aromatic rings. The van der Waals surface area contributed by atoms with Crippen molar-refractivity contribution in [2.24, 2.45) is 0 Å². The number of halogens is 2. The second-order valence-corrected chi connectivity index (χ2v) is 5.41. The topological polar surface area (TPSA) is 63.1 Å². The van der Waals surface area contributed by atoms with Gasteiger partial charge in [-0.2, -0.15) is 0 Å². The highest BCUT2D eigenvalue weighted by atomic mass is 35.5. The van der Waals surface area contributed by atoms with E-state index in [9.17, 15) is 4.79 Å². The van der Waals surface area contributed by atoms with Crippen molar-refractivity contribution >= 4 is 40.9 Å². The maximum absolute atomic E-state index is 10.8. The van der Waals surface area contributed by atoms with Crippen LogP contribution in [0, 0.1) is 6.92 Å². The summed E-state index contributed by atoms with van der Waals surface area (Å²) in [5.41, 5.74) is 0.502. The molecule has 0 fully saturated rings. The van der Waals surface area contributed by atoms with Crippen LogP contribution in [-0.4, -0.2) is 21.0 Å². The zero-order valence-corrected chi connectivity index (χ0v) is 12.1. The number of carbonyl (C=O) groups is 1. The van der Waals surface area contributed by atoms with Gasteiger partial charge in [0, 0.05) is 4.90 Å². The van der Waals surface area contributed by atoms with Crippen molar-refractivity contribution in [2.75, 3.05) is 0 Å². The lowest BCUT2D eigenvalue weighted by molar-refractivity contribution is 0.0683. The predicted molar refractivity (Wildman–Crippen MR) is 74.3 cm³/mol. The third-order valence-electron chi connectivity index (χ3n) is 2.23. The van der Waals surface area contributed by atoms with Crippen molar-refractivity contribution in [3.05, 3.63) is 46.0 Å². The van der Waals surface area contributed by atoms with Crippen molar-refractivity contribution in [2.45, 2.75) is 16.7 Å². The van der Waals surface area contributed by atoms with Gasteiger partial charge in [-0.05, 0) is 19.1 Å². The Morgan fingerprint density at radius 3 is 2.53 bits per heavy atom. The lowest BCUT2D eigenvalue weighted by Gasteiger charge is -2.08. The third-order valence-corrected chi connectivity index (χ3v) is 4.33. The van der Waals surface area contributed by atoms with Gasteiger partial charge in [0.25, 0.3) is 0 Å². The van der Waals surface area contributed by atoms with E-state index in [1.54, 1.807) is 13.0 Å². The minimum Gasteiger partial charge on any atom is -0.475 e. The van der Waals surface area contributed by atoms with Crippen LogP contribution in [0.1, 0.15) is 16.3 Å². The maximum atomic E-state index is 10.8. The lowest BCUT2D eigenvalue weighted by atomic mass is 10.4. The summed E-state index contributed by atoms with van der Waals surface area (Å²) in [4.78, 5) is 19.9. The molecule has 98 valence electrons. The molecule has 4 nitrogen and oxygen atoms in total. The Bertz CT molecular complexity index is 626. The fourth-order valence-corrected chi connectivity index (χ4v) is 2.82. The van der Waals surface area contributed by atoms with Crippen LogP contribution in [0.15, 0.2) is 34.1 Å². The molecule has 1 aromatic carbocycles. The Kier molecular flexibility index (Phi) is 4.29. The average molecular weight is 315 g/mol. The number of hydrogen-bond acceptors (Lipinski definition) is 4. The Hall–Kier alpha value is -1.30. The highest BCUT2D eigenvalue weighted by molar-refractivity contribution is 7.99. The molecule has 19 heavy (non-hydrogen) atoms. The van der Waals surface area contributed by atoms with Crippen molar-refractivity contribution < 1.29 is 9.90 Å². The largest absolute Gasteiger partial charge is 0.475 e. The Morgan fingerprint density at radius 1 is 1.26 bits per heavy atom. The molecule has 0 aliphatic rings. The summed E-state index contributed by atoms with van der Waals surface area (Å²) in [6.45, 7) is 1.68. The van der Waals surface area contributed by atoms with Gasteiger partial charge < -0.3 is 5.11 Å². The number of carboxylic acid groups (broad SMARTS) is 1. The molecule has 0 bridgehead atoms. The molecule has 0 atom stereocenters. The Morgan fingerprint density at radius 2 is 1.95 bits per heavy atom. The third kappa shape index (κ3) is 3.18. The Labute approximate surface area is 123 Å². The van der Waals surface area contributed by atoms with Crippen molar-refractivity contribution in [1.29, 1.82) is 0 Å². The Balaban J connectivity index is 2.42. The van der Waals surface area contributed by atoms with Crippen LogP contribution in [0.25, 0.3) is 0 Å². The molecule has 2 rings (SSSR count). The molecule has 1 N–H and O–H groups in total. The summed E-state index contributed by atoms with van der Waals surface area (Å²) in [5.74, 6) is -1.52. The first-order valence-corrected chi connectivity index (χ1v) is 6.76. The van der Waals surface area contributed by atoms with Gasteiger partial charge in [-0.15, -0.1) is 0 Å². The van der Waals surface area contributed by atoms with E-state index in [2.05, 4.69) is 9.97 Å². The fraction of sp³-hybridized carbons (Fsp3) is 0.0833. The number of hydrogen-bond donors (Lipinski definition) is 1. The second kappa shape index (κ2) is 5.77. The predicted octanol–water partition coefficient (Wildman–Crippen LogP) is 3.94. The molecule has 1 heterocycles.